The van der Waals surface area contributed by atoms with Gasteiger partial charge in [0.05, 0.1) is 11.3 Å². The van der Waals surface area contributed by atoms with Gasteiger partial charge in [0.1, 0.15) is 0 Å². The zero-order chi connectivity index (χ0) is 18.6. The van der Waals surface area contributed by atoms with Crippen molar-refractivity contribution >= 4 is 15.9 Å². The lowest BCUT2D eigenvalue weighted by atomic mass is 9.94. The van der Waals surface area contributed by atoms with Crippen molar-refractivity contribution in [2.24, 2.45) is 5.41 Å². The highest BCUT2D eigenvalue weighted by molar-refractivity contribution is 7.90. The first-order chi connectivity index (χ1) is 10.8. The van der Waals surface area contributed by atoms with Gasteiger partial charge in [-0.1, -0.05) is 32.9 Å². The SMILES string of the molecule is CC(C)(C)CCS(=O)(=O)NC(=O)CCc1ccc(C(F)(F)F)cc1. The van der Waals surface area contributed by atoms with Crippen LogP contribution >= 0.6 is 0 Å². The Hall–Kier alpha value is -1.57. The van der Waals surface area contributed by atoms with Crippen LogP contribution in [0.15, 0.2) is 24.3 Å². The van der Waals surface area contributed by atoms with Gasteiger partial charge < -0.3 is 0 Å². The molecule has 1 aromatic carbocycles. The molecule has 0 bridgehead atoms. The van der Waals surface area contributed by atoms with Gasteiger partial charge in [-0.3, -0.25) is 9.52 Å². The van der Waals surface area contributed by atoms with Crippen molar-refractivity contribution in [3.8, 4) is 0 Å². The van der Waals surface area contributed by atoms with Crippen molar-refractivity contribution in [1.82, 2.24) is 4.72 Å². The van der Waals surface area contributed by atoms with Crippen LogP contribution in [0.2, 0.25) is 0 Å². The Morgan fingerprint density at radius 2 is 1.62 bits per heavy atom. The summed E-state index contributed by atoms with van der Waals surface area (Å²) in [5, 5.41) is 0. The molecule has 1 aromatic rings. The third-order valence-corrected chi connectivity index (χ3v) is 4.59. The minimum atomic E-state index is -4.41. The van der Waals surface area contributed by atoms with Crippen molar-refractivity contribution in [3.05, 3.63) is 35.4 Å². The number of hydrogen-bond donors (Lipinski definition) is 1. The predicted molar refractivity (Wildman–Crippen MR) is 85.8 cm³/mol. The van der Waals surface area contributed by atoms with E-state index in [1.54, 1.807) is 0 Å². The summed E-state index contributed by atoms with van der Waals surface area (Å²) < 4.78 is 62.9. The molecule has 1 rings (SSSR count). The van der Waals surface area contributed by atoms with Gasteiger partial charge >= 0.3 is 6.18 Å². The number of alkyl halides is 3. The smallest absolute Gasteiger partial charge is 0.274 e. The van der Waals surface area contributed by atoms with E-state index in [0.717, 1.165) is 12.1 Å². The number of aryl methyl sites for hydroxylation is 1. The molecule has 0 aromatic heterocycles. The largest absolute Gasteiger partial charge is 0.416 e. The van der Waals surface area contributed by atoms with E-state index in [1.165, 1.54) is 12.1 Å². The number of halogens is 3. The first-order valence-electron chi connectivity index (χ1n) is 7.48. The monoisotopic (exact) mass is 365 g/mol. The van der Waals surface area contributed by atoms with E-state index in [1.807, 2.05) is 25.5 Å². The van der Waals surface area contributed by atoms with E-state index >= 15 is 0 Å². The van der Waals surface area contributed by atoms with E-state index < -0.39 is 27.7 Å². The Labute approximate surface area is 140 Å². The van der Waals surface area contributed by atoms with Gasteiger partial charge in [0, 0.05) is 6.42 Å². The van der Waals surface area contributed by atoms with Gasteiger partial charge in [0.25, 0.3) is 0 Å². The van der Waals surface area contributed by atoms with E-state index in [9.17, 15) is 26.4 Å². The van der Waals surface area contributed by atoms with E-state index in [4.69, 9.17) is 0 Å². The Balaban J connectivity index is 2.51. The maximum atomic E-state index is 12.4. The summed E-state index contributed by atoms with van der Waals surface area (Å²) in [5.41, 5.74) is -0.399. The van der Waals surface area contributed by atoms with Crippen LogP contribution in [0.3, 0.4) is 0 Å². The van der Waals surface area contributed by atoms with Gasteiger partial charge in [-0.2, -0.15) is 13.2 Å². The molecular formula is C16H22F3NO3S. The molecule has 0 saturated heterocycles. The molecule has 1 amide bonds. The molecule has 0 atom stereocenters. The van der Waals surface area contributed by atoms with Crippen LogP contribution in [0, 0.1) is 5.41 Å². The number of hydrogen-bond acceptors (Lipinski definition) is 3. The van der Waals surface area contributed by atoms with Gasteiger partial charge in [0.2, 0.25) is 15.9 Å². The highest BCUT2D eigenvalue weighted by Gasteiger charge is 2.29. The highest BCUT2D eigenvalue weighted by Crippen LogP contribution is 2.29. The molecule has 0 aliphatic carbocycles. The summed E-state index contributed by atoms with van der Waals surface area (Å²) >= 11 is 0. The minimum Gasteiger partial charge on any atom is -0.274 e. The second-order valence-electron chi connectivity index (χ2n) is 6.85. The van der Waals surface area contributed by atoms with Crippen LogP contribution in [-0.4, -0.2) is 20.1 Å². The van der Waals surface area contributed by atoms with Crippen molar-refractivity contribution < 1.29 is 26.4 Å². The van der Waals surface area contributed by atoms with Gasteiger partial charge in [-0.15, -0.1) is 0 Å². The van der Waals surface area contributed by atoms with Gasteiger partial charge in [-0.25, -0.2) is 8.42 Å². The molecule has 0 aliphatic rings. The van der Waals surface area contributed by atoms with Crippen LogP contribution in [0.5, 0.6) is 0 Å². The molecule has 0 unspecified atom stereocenters. The van der Waals surface area contributed by atoms with E-state index in [-0.39, 0.29) is 24.0 Å². The summed E-state index contributed by atoms with van der Waals surface area (Å²) in [6.45, 7) is 5.69. The second kappa shape index (κ2) is 7.55. The Morgan fingerprint density at radius 1 is 1.08 bits per heavy atom. The fourth-order valence-corrected chi connectivity index (χ4v) is 3.27. The fourth-order valence-electron chi connectivity index (χ4n) is 1.83. The molecule has 0 saturated carbocycles. The van der Waals surface area contributed by atoms with Gasteiger partial charge in [0.15, 0.2) is 0 Å². The molecule has 0 heterocycles. The van der Waals surface area contributed by atoms with Gasteiger partial charge in [-0.05, 0) is 36.0 Å². The number of carbonyl (C=O) groups is 1. The standard InChI is InChI=1S/C16H22F3NO3S/c1-15(2,3)10-11-24(22,23)20-14(21)9-6-12-4-7-13(8-5-12)16(17,18)19/h4-5,7-8H,6,9-11H2,1-3H3,(H,20,21). The molecule has 24 heavy (non-hydrogen) atoms. The zero-order valence-corrected chi connectivity index (χ0v) is 14.7. The number of rotatable bonds is 6. The number of carbonyl (C=O) groups excluding carboxylic acids is 1. The van der Waals surface area contributed by atoms with Crippen LogP contribution in [0.4, 0.5) is 13.2 Å². The molecule has 0 aliphatic heterocycles. The maximum Gasteiger partial charge on any atom is 0.416 e. The molecule has 0 fully saturated rings. The summed E-state index contributed by atoms with van der Waals surface area (Å²) in [6.07, 6.45) is -3.94. The summed E-state index contributed by atoms with van der Waals surface area (Å²) in [7, 11) is -3.69. The average molecular weight is 365 g/mol. The summed E-state index contributed by atoms with van der Waals surface area (Å²) in [5.74, 6) is -0.813. The highest BCUT2D eigenvalue weighted by atomic mass is 32.2. The Morgan fingerprint density at radius 3 is 2.08 bits per heavy atom. The third kappa shape index (κ3) is 7.81. The molecule has 0 radical (unpaired) electrons. The molecule has 0 spiro atoms. The Bertz CT molecular complexity index is 659. The van der Waals surface area contributed by atoms with Crippen LogP contribution in [0.1, 0.15) is 44.7 Å². The first kappa shape index (κ1) is 20.5. The molecule has 4 nitrogen and oxygen atoms in total. The second-order valence-corrected chi connectivity index (χ2v) is 8.69. The minimum absolute atomic E-state index is 0.111. The normalized spacial score (nSPS) is 12.9. The van der Waals surface area contributed by atoms with Crippen molar-refractivity contribution in [1.29, 1.82) is 0 Å². The van der Waals surface area contributed by atoms with Crippen LogP contribution in [0.25, 0.3) is 0 Å². The lowest BCUT2D eigenvalue weighted by Gasteiger charge is -2.17. The molecular weight excluding hydrogens is 343 g/mol. The lowest BCUT2D eigenvalue weighted by molar-refractivity contribution is -0.137. The predicted octanol–water partition coefficient (Wildman–Crippen LogP) is 3.52. The fraction of sp³-hybridized carbons (Fsp3) is 0.562. The lowest BCUT2D eigenvalue weighted by Crippen LogP contribution is -2.33. The van der Waals surface area contributed by atoms with Crippen molar-refractivity contribution in [2.75, 3.05) is 5.75 Å². The molecule has 8 heteroatoms. The number of amides is 1. The molecule has 136 valence electrons. The summed E-state index contributed by atoms with van der Waals surface area (Å²) in [6, 6.07) is 4.44. The quantitative estimate of drug-likeness (QED) is 0.839. The third-order valence-electron chi connectivity index (χ3n) is 3.31. The zero-order valence-electron chi connectivity index (χ0n) is 13.9. The first-order valence-corrected chi connectivity index (χ1v) is 9.13. The average Bonchev–Trinajstić information content (AvgIpc) is 2.41. The van der Waals surface area contributed by atoms with Crippen molar-refractivity contribution in [3.63, 3.8) is 0 Å². The van der Waals surface area contributed by atoms with Crippen LogP contribution in [-0.2, 0) is 27.4 Å². The maximum absolute atomic E-state index is 12.4. The number of sulfonamides is 1. The van der Waals surface area contributed by atoms with E-state index in [2.05, 4.69) is 0 Å². The van der Waals surface area contributed by atoms with Crippen molar-refractivity contribution in [2.45, 2.75) is 46.2 Å². The number of nitrogens with one attached hydrogen (secondary N) is 1. The number of benzene rings is 1. The summed E-state index contributed by atoms with van der Waals surface area (Å²) in [4.78, 5) is 11.7. The molecule has 1 N–H and O–H groups in total. The van der Waals surface area contributed by atoms with Crippen LogP contribution < -0.4 is 4.72 Å². The topological polar surface area (TPSA) is 63.2 Å². The van der Waals surface area contributed by atoms with E-state index in [0.29, 0.717) is 12.0 Å². The Kier molecular flexibility index (Phi) is 6.44.